The molecule has 0 aliphatic rings. The van der Waals surface area contributed by atoms with Gasteiger partial charge in [-0.2, -0.15) is 18.2 Å². The van der Waals surface area contributed by atoms with E-state index in [1.54, 1.807) is 0 Å². The highest BCUT2D eigenvalue weighted by atomic mass is 19.4. The number of aromatic hydroxyl groups is 2. The molecule has 0 unspecified atom stereocenters. The van der Waals surface area contributed by atoms with Gasteiger partial charge in [-0.05, 0) is 12.1 Å². The Kier molecular flexibility index (Phi) is 2.41. The molecule has 0 aliphatic heterocycles. The minimum absolute atomic E-state index is 0.337. The lowest BCUT2D eigenvalue weighted by Crippen LogP contribution is -2.07. The van der Waals surface area contributed by atoms with Gasteiger partial charge >= 0.3 is 6.18 Å². The second kappa shape index (κ2) is 3.65. The smallest absolute Gasteiger partial charge is 0.455 e. The molecule has 0 saturated carbocycles. The van der Waals surface area contributed by atoms with E-state index in [-0.39, 0.29) is 5.56 Å². The molecule has 2 rings (SSSR count). The first-order chi connectivity index (χ1) is 7.89. The van der Waals surface area contributed by atoms with E-state index in [0.29, 0.717) is 0 Å². The molecule has 17 heavy (non-hydrogen) atoms. The number of nitrogens with zero attached hydrogens (tertiary/aromatic N) is 2. The van der Waals surface area contributed by atoms with Gasteiger partial charge in [0.2, 0.25) is 0 Å². The lowest BCUT2D eigenvalue weighted by molar-refractivity contribution is -0.146. The average Bonchev–Trinajstić information content (AvgIpc) is 2.65. The molecular weight excluding hydrogens is 241 g/mol. The molecule has 5 nitrogen and oxygen atoms in total. The molecule has 1 heterocycles. The SMILES string of the molecule is Oc1cccc(O)c1-c1nc(C(F)(F)F)no1. The van der Waals surface area contributed by atoms with Crippen molar-refractivity contribution < 1.29 is 27.9 Å². The topological polar surface area (TPSA) is 79.4 Å². The Hall–Kier alpha value is -2.25. The van der Waals surface area contributed by atoms with Crippen molar-refractivity contribution >= 4 is 0 Å². The number of rotatable bonds is 1. The number of hydrogen-bond acceptors (Lipinski definition) is 5. The van der Waals surface area contributed by atoms with Crippen LogP contribution in [0.5, 0.6) is 11.5 Å². The van der Waals surface area contributed by atoms with E-state index in [1.807, 2.05) is 0 Å². The fourth-order valence-electron chi connectivity index (χ4n) is 1.19. The van der Waals surface area contributed by atoms with Gasteiger partial charge in [0.1, 0.15) is 17.1 Å². The molecule has 0 atom stereocenters. The summed E-state index contributed by atoms with van der Waals surface area (Å²) in [6.45, 7) is 0. The minimum atomic E-state index is -4.75. The standard InChI is InChI=1S/C9H5F3N2O3/c10-9(11,12)8-13-7(17-14-8)6-4(15)2-1-3-5(6)16/h1-3,15-16H. The zero-order valence-corrected chi connectivity index (χ0v) is 8.06. The van der Waals surface area contributed by atoms with E-state index in [4.69, 9.17) is 0 Å². The van der Waals surface area contributed by atoms with Gasteiger partial charge in [0, 0.05) is 0 Å². The van der Waals surface area contributed by atoms with Crippen LogP contribution in [0.15, 0.2) is 22.7 Å². The highest BCUT2D eigenvalue weighted by molar-refractivity contribution is 5.69. The van der Waals surface area contributed by atoms with Crippen molar-refractivity contribution in [1.82, 2.24) is 10.1 Å². The number of hydrogen-bond donors (Lipinski definition) is 2. The number of phenols is 2. The van der Waals surface area contributed by atoms with E-state index < -0.39 is 29.4 Å². The maximum atomic E-state index is 12.2. The van der Waals surface area contributed by atoms with Crippen molar-refractivity contribution in [3.8, 4) is 23.0 Å². The monoisotopic (exact) mass is 246 g/mol. The number of halogens is 3. The zero-order valence-electron chi connectivity index (χ0n) is 8.06. The number of phenolic OH excluding ortho intramolecular Hbond substituents is 2. The lowest BCUT2D eigenvalue weighted by Gasteiger charge is -2.01. The van der Waals surface area contributed by atoms with Crippen molar-refractivity contribution in [2.24, 2.45) is 0 Å². The van der Waals surface area contributed by atoms with Crippen molar-refractivity contribution in [2.45, 2.75) is 6.18 Å². The summed E-state index contributed by atoms with van der Waals surface area (Å²) in [6, 6.07) is 3.66. The second-order valence-corrected chi connectivity index (χ2v) is 3.09. The molecule has 1 aromatic carbocycles. The number of aromatic nitrogens is 2. The average molecular weight is 246 g/mol. The molecule has 0 fully saturated rings. The molecule has 1 aromatic heterocycles. The largest absolute Gasteiger partial charge is 0.507 e. The zero-order chi connectivity index (χ0) is 12.6. The normalized spacial score (nSPS) is 11.7. The van der Waals surface area contributed by atoms with Gasteiger partial charge in [-0.25, -0.2) is 0 Å². The van der Waals surface area contributed by atoms with Gasteiger partial charge in [-0.15, -0.1) is 0 Å². The summed E-state index contributed by atoms with van der Waals surface area (Å²) in [4.78, 5) is 3.05. The lowest BCUT2D eigenvalue weighted by atomic mass is 10.2. The minimum Gasteiger partial charge on any atom is -0.507 e. The van der Waals surface area contributed by atoms with Crippen LogP contribution in [0, 0.1) is 0 Å². The maximum Gasteiger partial charge on any atom is 0.455 e. The quantitative estimate of drug-likeness (QED) is 0.806. The van der Waals surface area contributed by atoms with Crippen LogP contribution >= 0.6 is 0 Å². The summed E-state index contributed by atoms with van der Waals surface area (Å²) < 4.78 is 41.0. The summed E-state index contributed by atoms with van der Waals surface area (Å²) in [5.74, 6) is -2.99. The predicted molar refractivity (Wildman–Crippen MR) is 48.1 cm³/mol. The van der Waals surface area contributed by atoms with Crippen molar-refractivity contribution in [2.75, 3.05) is 0 Å². The third-order valence-electron chi connectivity index (χ3n) is 1.91. The van der Waals surface area contributed by atoms with Crippen LogP contribution in [-0.2, 0) is 6.18 Å². The Bertz CT molecular complexity index is 530. The van der Waals surface area contributed by atoms with Gasteiger partial charge in [-0.1, -0.05) is 11.2 Å². The van der Waals surface area contributed by atoms with Gasteiger partial charge in [-0.3, -0.25) is 0 Å². The molecule has 0 bridgehead atoms. The Balaban J connectivity index is 2.51. The van der Waals surface area contributed by atoms with E-state index in [9.17, 15) is 23.4 Å². The van der Waals surface area contributed by atoms with E-state index in [1.165, 1.54) is 18.2 Å². The van der Waals surface area contributed by atoms with Gasteiger partial charge in [0.05, 0.1) is 0 Å². The third kappa shape index (κ3) is 2.01. The number of benzene rings is 1. The molecule has 0 amide bonds. The van der Waals surface area contributed by atoms with Crippen LogP contribution in [0.3, 0.4) is 0 Å². The van der Waals surface area contributed by atoms with Crippen LogP contribution in [0.4, 0.5) is 13.2 Å². The molecule has 0 saturated heterocycles. The first kappa shape index (κ1) is 11.2. The van der Waals surface area contributed by atoms with Gasteiger partial charge in [0.25, 0.3) is 11.7 Å². The molecule has 0 radical (unpaired) electrons. The van der Waals surface area contributed by atoms with Crippen molar-refractivity contribution in [3.63, 3.8) is 0 Å². The van der Waals surface area contributed by atoms with Crippen LogP contribution in [-0.4, -0.2) is 20.4 Å². The molecule has 2 N–H and O–H groups in total. The van der Waals surface area contributed by atoms with Crippen molar-refractivity contribution in [3.05, 3.63) is 24.0 Å². The van der Waals surface area contributed by atoms with Gasteiger partial charge in [0.15, 0.2) is 0 Å². The first-order valence-corrected chi connectivity index (χ1v) is 4.32. The Morgan fingerprint density at radius 3 is 2.18 bits per heavy atom. The fraction of sp³-hybridized carbons (Fsp3) is 0.111. The summed E-state index contributed by atoms with van der Waals surface area (Å²) in [5.41, 5.74) is -0.337. The van der Waals surface area contributed by atoms with Crippen LogP contribution in [0.1, 0.15) is 5.82 Å². The highest BCUT2D eigenvalue weighted by Crippen LogP contribution is 2.37. The Morgan fingerprint density at radius 1 is 1.12 bits per heavy atom. The van der Waals surface area contributed by atoms with Crippen LogP contribution in [0.2, 0.25) is 0 Å². The second-order valence-electron chi connectivity index (χ2n) is 3.09. The Labute approximate surface area is 92.1 Å². The first-order valence-electron chi connectivity index (χ1n) is 4.32. The Morgan fingerprint density at radius 2 is 1.71 bits per heavy atom. The molecule has 2 aromatic rings. The summed E-state index contributed by atoms with van der Waals surface area (Å²) >= 11 is 0. The van der Waals surface area contributed by atoms with Crippen molar-refractivity contribution in [1.29, 1.82) is 0 Å². The number of alkyl halides is 3. The van der Waals surface area contributed by atoms with Gasteiger partial charge < -0.3 is 14.7 Å². The molecule has 8 heteroatoms. The van der Waals surface area contributed by atoms with E-state index in [0.717, 1.165) is 0 Å². The highest BCUT2D eigenvalue weighted by Gasteiger charge is 2.37. The van der Waals surface area contributed by atoms with Crippen LogP contribution in [0.25, 0.3) is 11.5 Å². The third-order valence-corrected chi connectivity index (χ3v) is 1.91. The maximum absolute atomic E-state index is 12.2. The molecular formula is C9H5F3N2O3. The summed E-state index contributed by atoms with van der Waals surface area (Å²) in [7, 11) is 0. The summed E-state index contributed by atoms with van der Waals surface area (Å²) in [5, 5.41) is 21.5. The summed E-state index contributed by atoms with van der Waals surface area (Å²) in [6.07, 6.45) is -4.75. The van der Waals surface area contributed by atoms with E-state index in [2.05, 4.69) is 14.7 Å². The molecule has 0 aliphatic carbocycles. The predicted octanol–water partition coefficient (Wildman–Crippen LogP) is 2.17. The molecule has 90 valence electrons. The van der Waals surface area contributed by atoms with Crippen LogP contribution < -0.4 is 0 Å². The fourth-order valence-corrected chi connectivity index (χ4v) is 1.19. The van der Waals surface area contributed by atoms with E-state index >= 15 is 0 Å². The molecule has 0 spiro atoms.